The summed E-state index contributed by atoms with van der Waals surface area (Å²) in [6.45, 7) is 0. The average Bonchev–Trinajstić information content (AvgIpc) is 1.99. The van der Waals surface area contributed by atoms with Gasteiger partial charge in [0.1, 0.15) is 0 Å². The summed E-state index contributed by atoms with van der Waals surface area (Å²) < 4.78 is 22.3. The van der Waals surface area contributed by atoms with Crippen molar-refractivity contribution in [3.05, 3.63) is 12.2 Å². The molecular weight excluding hydrogens is 264 g/mol. The normalized spacial score (nSPS) is 26.6. The van der Waals surface area contributed by atoms with Gasteiger partial charge in [0.15, 0.2) is 0 Å². The maximum absolute atomic E-state index is 11.2. The fraction of sp³-hybridized carbons (Fsp3) is 0.600. The SMILES string of the molecule is O=P(O)(O)C1(P(=O)(O)O)C=CCC(S)N1. The molecule has 1 atom stereocenters. The van der Waals surface area contributed by atoms with E-state index < -0.39 is 25.6 Å². The molecule has 1 aliphatic rings. The molecule has 0 fully saturated rings. The Bertz CT molecular complexity index is 350. The summed E-state index contributed by atoms with van der Waals surface area (Å²) in [4.78, 5) is 36.1. The zero-order chi connectivity index (χ0) is 11.9. The third-order valence-electron chi connectivity index (χ3n) is 1.98. The third-order valence-corrected chi connectivity index (χ3v) is 6.21. The van der Waals surface area contributed by atoms with Crippen molar-refractivity contribution in [2.45, 2.75) is 16.8 Å². The van der Waals surface area contributed by atoms with Gasteiger partial charge in [-0.1, -0.05) is 6.08 Å². The molecule has 1 aliphatic heterocycles. The van der Waals surface area contributed by atoms with Crippen molar-refractivity contribution in [2.24, 2.45) is 0 Å². The van der Waals surface area contributed by atoms with Crippen LogP contribution in [0, 0.1) is 0 Å². The standard InChI is InChI=1S/C5H11NO6P2S/c7-13(8,9)5(14(10,11)12)3-1-2-4(15)6-5/h1,3-4,6,15H,2H2,(H2,7,8,9)(H2,10,11,12). The monoisotopic (exact) mass is 275 g/mol. The summed E-state index contributed by atoms with van der Waals surface area (Å²) in [5, 5.41) is -1.20. The van der Waals surface area contributed by atoms with Crippen molar-refractivity contribution in [3.8, 4) is 0 Å². The topological polar surface area (TPSA) is 127 Å². The predicted molar refractivity (Wildman–Crippen MR) is 56.5 cm³/mol. The Kier molecular flexibility index (Phi) is 3.56. The van der Waals surface area contributed by atoms with E-state index in [1.807, 2.05) is 0 Å². The summed E-state index contributed by atoms with van der Waals surface area (Å²) in [6.07, 6.45) is 2.43. The Labute approximate surface area is 91.3 Å². The predicted octanol–water partition coefficient (Wildman–Crippen LogP) is -0.199. The Balaban J connectivity index is 3.33. The lowest BCUT2D eigenvalue weighted by Crippen LogP contribution is -2.48. The van der Waals surface area contributed by atoms with E-state index in [1.54, 1.807) is 0 Å². The van der Waals surface area contributed by atoms with Crippen LogP contribution in [0.2, 0.25) is 0 Å². The number of hydrogen-bond donors (Lipinski definition) is 6. The number of hydrogen-bond acceptors (Lipinski definition) is 4. The summed E-state index contributed by atoms with van der Waals surface area (Å²) >= 11 is 3.89. The smallest absolute Gasteiger partial charge is 0.322 e. The highest BCUT2D eigenvalue weighted by Crippen LogP contribution is 2.68. The fourth-order valence-electron chi connectivity index (χ4n) is 1.25. The van der Waals surface area contributed by atoms with Gasteiger partial charge in [0.05, 0.1) is 5.37 Å². The minimum absolute atomic E-state index is 0.324. The first-order valence-corrected chi connectivity index (χ1v) is 7.59. The summed E-state index contributed by atoms with van der Waals surface area (Å²) in [5.74, 6) is 0. The van der Waals surface area contributed by atoms with Gasteiger partial charge in [-0.05, 0) is 12.5 Å². The van der Waals surface area contributed by atoms with Crippen LogP contribution in [0.25, 0.3) is 0 Å². The Morgan fingerprint density at radius 1 is 1.27 bits per heavy atom. The Morgan fingerprint density at radius 2 is 1.73 bits per heavy atom. The molecule has 0 saturated heterocycles. The van der Waals surface area contributed by atoms with E-state index in [0.717, 1.165) is 6.08 Å². The highest BCUT2D eigenvalue weighted by molar-refractivity contribution is 7.81. The first kappa shape index (κ1) is 13.4. The molecule has 88 valence electrons. The minimum Gasteiger partial charge on any atom is -0.322 e. The van der Waals surface area contributed by atoms with Crippen molar-refractivity contribution in [2.75, 3.05) is 0 Å². The summed E-state index contributed by atoms with van der Waals surface area (Å²) in [7, 11) is -10.1. The van der Waals surface area contributed by atoms with Crippen LogP contribution < -0.4 is 5.32 Å². The fourth-order valence-corrected chi connectivity index (χ4v) is 4.38. The number of thiol groups is 1. The molecule has 15 heavy (non-hydrogen) atoms. The van der Waals surface area contributed by atoms with Crippen molar-refractivity contribution in [3.63, 3.8) is 0 Å². The molecule has 0 aliphatic carbocycles. The van der Waals surface area contributed by atoms with Crippen LogP contribution in [0.1, 0.15) is 6.42 Å². The molecule has 0 spiro atoms. The van der Waals surface area contributed by atoms with Crippen LogP contribution in [0.15, 0.2) is 12.2 Å². The maximum atomic E-state index is 11.2. The Hall–Kier alpha value is 0.350. The van der Waals surface area contributed by atoms with Gasteiger partial charge in [0, 0.05) is 0 Å². The van der Waals surface area contributed by atoms with E-state index in [4.69, 9.17) is 19.6 Å². The molecule has 1 rings (SSSR count). The van der Waals surface area contributed by atoms with E-state index in [2.05, 4.69) is 17.9 Å². The van der Waals surface area contributed by atoms with Gasteiger partial charge in [-0.3, -0.25) is 14.4 Å². The van der Waals surface area contributed by atoms with Gasteiger partial charge < -0.3 is 19.6 Å². The second kappa shape index (κ2) is 3.98. The van der Waals surface area contributed by atoms with Gasteiger partial charge in [0.2, 0.25) is 5.02 Å². The van der Waals surface area contributed by atoms with Crippen LogP contribution in [-0.2, 0) is 9.13 Å². The van der Waals surface area contributed by atoms with Crippen molar-refractivity contribution < 1.29 is 28.7 Å². The van der Waals surface area contributed by atoms with Crippen LogP contribution in [-0.4, -0.2) is 30.0 Å². The molecule has 0 saturated carbocycles. The molecule has 0 aromatic heterocycles. The lowest BCUT2D eigenvalue weighted by atomic mass is 10.3. The molecule has 0 radical (unpaired) electrons. The van der Waals surface area contributed by atoms with Gasteiger partial charge >= 0.3 is 15.2 Å². The molecule has 7 nitrogen and oxygen atoms in total. The lowest BCUT2D eigenvalue weighted by molar-refractivity contribution is 0.301. The van der Waals surface area contributed by atoms with E-state index in [-0.39, 0.29) is 0 Å². The largest absolute Gasteiger partial charge is 0.361 e. The number of nitrogens with one attached hydrogen (secondary N) is 1. The lowest BCUT2D eigenvalue weighted by Gasteiger charge is -2.37. The van der Waals surface area contributed by atoms with E-state index in [0.29, 0.717) is 6.42 Å². The first-order valence-electron chi connectivity index (χ1n) is 3.85. The molecule has 0 aromatic rings. The summed E-state index contributed by atoms with van der Waals surface area (Å²) in [6, 6.07) is 0. The second-order valence-electron chi connectivity index (χ2n) is 3.11. The van der Waals surface area contributed by atoms with Crippen molar-refractivity contribution >= 4 is 27.8 Å². The van der Waals surface area contributed by atoms with Crippen LogP contribution in [0.3, 0.4) is 0 Å². The quantitative estimate of drug-likeness (QED) is 0.234. The van der Waals surface area contributed by atoms with Gasteiger partial charge in [0.25, 0.3) is 0 Å². The second-order valence-corrected chi connectivity index (χ2v) is 7.68. The maximum Gasteiger partial charge on any atom is 0.361 e. The third kappa shape index (κ3) is 2.38. The minimum atomic E-state index is -5.04. The highest BCUT2D eigenvalue weighted by Gasteiger charge is 2.59. The molecule has 5 N–H and O–H groups in total. The van der Waals surface area contributed by atoms with Crippen molar-refractivity contribution in [1.82, 2.24) is 5.32 Å². The molecule has 10 heteroatoms. The van der Waals surface area contributed by atoms with Crippen LogP contribution >= 0.6 is 27.8 Å². The molecule has 1 unspecified atom stereocenters. The molecular formula is C5H11NO6P2S. The van der Waals surface area contributed by atoms with Crippen LogP contribution in [0.5, 0.6) is 0 Å². The molecule has 0 aromatic carbocycles. The number of rotatable bonds is 2. The average molecular weight is 275 g/mol. The molecule has 0 amide bonds. The zero-order valence-electron chi connectivity index (χ0n) is 7.39. The molecule has 1 heterocycles. The van der Waals surface area contributed by atoms with Crippen molar-refractivity contribution in [1.29, 1.82) is 0 Å². The zero-order valence-corrected chi connectivity index (χ0v) is 10.1. The van der Waals surface area contributed by atoms with Gasteiger partial charge in [-0.15, -0.1) is 0 Å². The highest BCUT2D eigenvalue weighted by atomic mass is 32.1. The van der Waals surface area contributed by atoms with E-state index in [1.165, 1.54) is 6.08 Å². The van der Waals surface area contributed by atoms with Crippen LogP contribution in [0.4, 0.5) is 0 Å². The Morgan fingerprint density at radius 3 is 2.00 bits per heavy atom. The summed E-state index contributed by atoms with van der Waals surface area (Å²) in [5.41, 5.74) is 0. The van der Waals surface area contributed by atoms with E-state index in [9.17, 15) is 9.13 Å². The van der Waals surface area contributed by atoms with E-state index >= 15 is 0 Å². The first-order chi connectivity index (χ1) is 6.60. The molecule has 0 bridgehead atoms. The van der Waals surface area contributed by atoms with Gasteiger partial charge in [-0.25, -0.2) is 0 Å². The van der Waals surface area contributed by atoms with Gasteiger partial charge in [-0.2, -0.15) is 12.6 Å².